The highest BCUT2D eigenvalue weighted by Crippen LogP contribution is 2.14. The van der Waals surface area contributed by atoms with Crippen molar-refractivity contribution in [3.05, 3.63) is 60.2 Å². The van der Waals surface area contributed by atoms with Gasteiger partial charge in [-0.05, 0) is 37.1 Å². The van der Waals surface area contributed by atoms with Crippen LogP contribution in [0.5, 0.6) is 5.75 Å². The van der Waals surface area contributed by atoms with Crippen molar-refractivity contribution in [3.63, 3.8) is 0 Å². The molecule has 5 nitrogen and oxygen atoms in total. The average molecular weight is 327 g/mol. The van der Waals surface area contributed by atoms with Crippen LogP contribution in [0, 0.1) is 0 Å². The number of nitrogens with one attached hydrogen (secondary N) is 1. The smallest absolute Gasteiger partial charge is 0.251 e. The van der Waals surface area contributed by atoms with Gasteiger partial charge in [0.05, 0.1) is 0 Å². The normalized spacial score (nSPS) is 10.4. The number of ether oxygens (including phenoxy) is 1. The van der Waals surface area contributed by atoms with E-state index in [0.717, 1.165) is 30.8 Å². The fraction of sp³-hybridized carbons (Fsp3) is 0.368. The first-order valence-corrected chi connectivity index (χ1v) is 8.25. The average Bonchev–Trinajstić information content (AvgIpc) is 3.04. The third-order valence-electron chi connectivity index (χ3n) is 3.56. The molecule has 2 aromatic rings. The van der Waals surface area contributed by atoms with Crippen molar-refractivity contribution in [2.45, 2.75) is 33.2 Å². The Labute approximate surface area is 143 Å². The van der Waals surface area contributed by atoms with Crippen molar-refractivity contribution >= 4 is 5.91 Å². The first kappa shape index (κ1) is 17.8. The highest BCUT2D eigenvalue weighted by Gasteiger charge is 2.07. The van der Waals surface area contributed by atoms with Gasteiger partial charge in [-0.3, -0.25) is 4.79 Å². The zero-order valence-corrected chi connectivity index (χ0v) is 14.4. The monoisotopic (exact) mass is 327 g/mol. The molecule has 2 rings (SSSR count). The van der Waals surface area contributed by atoms with Gasteiger partial charge in [0.15, 0.2) is 0 Å². The lowest BCUT2D eigenvalue weighted by molar-refractivity contribution is 0.0952. The van der Waals surface area contributed by atoms with E-state index in [0.29, 0.717) is 24.5 Å². The van der Waals surface area contributed by atoms with E-state index < -0.39 is 0 Å². The van der Waals surface area contributed by atoms with Crippen molar-refractivity contribution in [1.82, 2.24) is 14.9 Å². The van der Waals surface area contributed by atoms with Gasteiger partial charge in [-0.15, -0.1) is 0 Å². The molecule has 0 aliphatic carbocycles. The fourth-order valence-electron chi connectivity index (χ4n) is 2.35. The van der Waals surface area contributed by atoms with Crippen molar-refractivity contribution < 1.29 is 9.53 Å². The summed E-state index contributed by atoms with van der Waals surface area (Å²) in [6.45, 7) is 9.72. The Bertz CT molecular complexity index is 691. The Hall–Kier alpha value is -2.56. The van der Waals surface area contributed by atoms with Crippen LogP contribution in [-0.4, -0.2) is 28.6 Å². The van der Waals surface area contributed by atoms with Gasteiger partial charge < -0.3 is 14.6 Å². The molecule has 0 unspecified atom stereocenters. The van der Waals surface area contributed by atoms with Crippen molar-refractivity contribution in [1.29, 1.82) is 0 Å². The van der Waals surface area contributed by atoms with Crippen molar-refractivity contribution in [3.8, 4) is 5.75 Å². The lowest BCUT2D eigenvalue weighted by Gasteiger charge is -2.09. The molecule has 24 heavy (non-hydrogen) atoms. The van der Waals surface area contributed by atoms with E-state index in [1.807, 2.05) is 31.5 Å². The third kappa shape index (κ3) is 5.26. The molecular formula is C19H25N3O2. The Balaban J connectivity index is 1.80. The Morgan fingerprint density at radius 2 is 2.25 bits per heavy atom. The Morgan fingerprint density at radius 1 is 1.42 bits per heavy atom. The van der Waals surface area contributed by atoms with E-state index >= 15 is 0 Å². The number of nitrogens with zero attached hydrogens (tertiary/aromatic N) is 2. The van der Waals surface area contributed by atoms with Gasteiger partial charge in [-0.1, -0.05) is 19.6 Å². The quantitative estimate of drug-likeness (QED) is 0.568. The van der Waals surface area contributed by atoms with E-state index in [1.165, 1.54) is 0 Å². The first-order chi connectivity index (χ1) is 11.6. The maximum absolute atomic E-state index is 12.2. The van der Waals surface area contributed by atoms with Gasteiger partial charge in [-0.2, -0.15) is 0 Å². The molecule has 5 heteroatoms. The zero-order chi connectivity index (χ0) is 17.4. The van der Waals surface area contributed by atoms with Gasteiger partial charge in [0.1, 0.15) is 18.2 Å². The molecule has 0 atom stereocenters. The van der Waals surface area contributed by atoms with Crippen LogP contribution in [-0.2, 0) is 13.0 Å². The van der Waals surface area contributed by atoms with Crippen molar-refractivity contribution in [2.24, 2.45) is 0 Å². The molecule has 0 saturated carbocycles. The minimum Gasteiger partial charge on any atom is -0.489 e. The maximum atomic E-state index is 12.2. The highest BCUT2D eigenvalue weighted by atomic mass is 16.5. The van der Waals surface area contributed by atoms with Crippen LogP contribution < -0.4 is 10.1 Å². The number of carbonyl (C=O) groups is 1. The largest absolute Gasteiger partial charge is 0.489 e. The number of aromatic nitrogens is 2. The third-order valence-corrected chi connectivity index (χ3v) is 3.56. The van der Waals surface area contributed by atoms with Crippen LogP contribution in [0.4, 0.5) is 0 Å². The van der Waals surface area contributed by atoms with Crippen LogP contribution in [0.3, 0.4) is 0 Å². The summed E-state index contributed by atoms with van der Waals surface area (Å²) >= 11 is 0. The number of amides is 1. The van der Waals surface area contributed by atoms with Crippen LogP contribution in [0.15, 0.2) is 48.8 Å². The molecule has 0 aliphatic heterocycles. The minimum atomic E-state index is -0.0860. The second-order valence-electron chi connectivity index (χ2n) is 5.77. The molecule has 1 aromatic carbocycles. The lowest BCUT2D eigenvalue weighted by Crippen LogP contribution is -2.25. The molecule has 0 radical (unpaired) electrons. The second kappa shape index (κ2) is 8.91. The molecule has 1 amide bonds. The van der Waals surface area contributed by atoms with Gasteiger partial charge in [0.2, 0.25) is 0 Å². The SMILES string of the molecule is C=C(C)COc1cccc(C(=O)NCCCn2ccnc2CC)c1. The number of carbonyl (C=O) groups excluding carboxylic acids is 1. The number of benzene rings is 1. The summed E-state index contributed by atoms with van der Waals surface area (Å²) in [5.74, 6) is 1.66. The summed E-state index contributed by atoms with van der Waals surface area (Å²) in [6.07, 6.45) is 5.56. The van der Waals surface area contributed by atoms with E-state index in [4.69, 9.17) is 4.74 Å². The molecule has 128 valence electrons. The maximum Gasteiger partial charge on any atom is 0.251 e. The second-order valence-corrected chi connectivity index (χ2v) is 5.77. The number of aryl methyl sites for hydroxylation is 2. The van der Waals surface area contributed by atoms with Gasteiger partial charge >= 0.3 is 0 Å². The Kier molecular flexibility index (Phi) is 6.61. The summed E-state index contributed by atoms with van der Waals surface area (Å²) in [5, 5.41) is 2.95. The summed E-state index contributed by atoms with van der Waals surface area (Å²) in [4.78, 5) is 16.5. The lowest BCUT2D eigenvalue weighted by atomic mass is 10.2. The van der Waals surface area contributed by atoms with E-state index in [1.54, 1.807) is 12.1 Å². The molecule has 0 bridgehead atoms. The first-order valence-electron chi connectivity index (χ1n) is 8.25. The topological polar surface area (TPSA) is 56.1 Å². The molecule has 0 aliphatic rings. The molecule has 1 aromatic heterocycles. The fourth-order valence-corrected chi connectivity index (χ4v) is 2.35. The van der Waals surface area contributed by atoms with Gasteiger partial charge in [0, 0.05) is 37.5 Å². The predicted octanol–water partition coefficient (Wildman–Crippen LogP) is 3.22. The summed E-state index contributed by atoms with van der Waals surface area (Å²) < 4.78 is 7.69. The molecule has 0 spiro atoms. The summed E-state index contributed by atoms with van der Waals surface area (Å²) in [7, 11) is 0. The van der Waals surface area contributed by atoms with E-state index in [2.05, 4.69) is 28.4 Å². The van der Waals surface area contributed by atoms with Gasteiger partial charge in [0.25, 0.3) is 5.91 Å². The molecule has 1 heterocycles. The molecule has 0 fully saturated rings. The van der Waals surface area contributed by atoms with Gasteiger partial charge in [-0.25, -0.2) is 4.98 Å². The standard InChI is InChI=1S/C19H25N3O2/c1-4-18-20-10-12-22(18)11-6-9-21-19(23)16-7-5-8-17(13-16)24-14-15(2)3/h5,7-8,10,12-13H,2,4,6,9,11,14H2,1,3H3,(H,21,23). The van der Waals surface area contributed by atoms with Crippen molar-refractivity contribution in [2.75, 3.05) is 13.2 Å². The summed E-state index contributed by atoms with van der Waals surface area (Å²) in [5.41, 5.74) is 1.54. The summed E-state index contributed by atoms with van der Waals surface area (Å²) in [6, 6.07) is 7.20. The predicted molar refractivity (Wildman–Crippen MR) is 95.3 cm³/mol. The zero-order valence-electron chi connectivity index (χ0n) is 14.4. The van der Waals surface area contributed by atoms with Crippen LogP contribution >= 0.6 is 0 Å². The molecule has 1 N–H and O–H groups in total. The number of rotatable bonds is 9. The van der Waals surface area contributed by atoms with Crippen LogP contribution in [0.25, 0.3) is 0 Å². The highest BCUT2D eigenvalue weighted by molar-refractivity contribution is 5.94. The number of hydrogen-bond donors (Lipinski definition) is 1. The van der Waals surface area contributed by atoms with E-state index in [9.17, 15) is 4.79 Å². The Morgan fingerprint density at radius 3 is 3.00 bits per heavy atom. The number of hydrogen-bond acceptors (Lipinski definition) is 3. The number of imidazole rings is 1. The van der Waals surface area contributed by atoms with Crippen LogP contribution in [0.1, 0.15) is 36.5 Å². The minimum absolute atomic E-state index is 0.0860. The van der Waals surface area contributed by atoms with E-state index in [-0.39, 0.29) is 5.91 Å². The van der Waals surface area contributed by atoms with Crippen LogP contribution in [0.2, 0.25) is 0 Å². The molecule has 0 saturated heterocycles. The molecular weight excluding hydrogens is 302 g/mol.